The molecule has 33 heavy (non-hydrogen) atoms. The number of nitrogens with zero attached hydrogens (tertiary/aromatic N) is 2. The molecule has 1 aromatic rings. The maximum Gasteiger partial charge on any atom is 0.274 e. The van der Waals surface area contributed by atoms with Gasteiger partial charge in [-0.2, -0.15) is 4.91 Å². The van der Waals surface area contributed by atoms with Crippen molar-refractivity contribution in [1.29, 1.82) is 0 Å². The molecule has 0 aromatic carbocycles. The molecular weight excluding hydrogens is 438 g/mol. The topological polar surface area (TPSA) is 182 Å². The zero-order chi connectivity index (χ0) is 24.6. The van der Waals surface area contributed by atoms with Gasteiger partial charge in [-0.1, -0.05) is 24.2 Å². The molecule has 13 nitrogen and oxygen atoms in total. The number of nitroso groups, excluding NO2 is 1. The lowest BCUT2D eigenvalue weighted by molar-refractivity contribution is -0.131. The molecule has 1 aromatic heterocycles. The molecule has 3 N–H and O–H groups in total. The number of hydrogen-bond acceptors (Lipinski definition) is 10. The smallest absolute Gasteiger partial charge is 0.274 e. The number of amides is 3. The van der Waals surface area contributed by atoms with Gasteiger partial charge in [-0.05, 0) is 19.3 Å². The second-order valence-electron chi connectivity index (χ2n) is 8.30. The number of hydrogen-bond donors (Lipinski definition) is 3. The number of aromatic nitrogens is 1. The first-order valence-corrected chi connectivity index (χ1v) is 10.4. The Labute approximate surface area is 190 Å². The zero-order valence-corrected chi connectivity index (χ0v) is 19.0. The standard InChI is InChI=1S/C20H29N5O8/c1-11(2)5-13(17(27)20(3)10-32-20)23-16(26)8-21-18(28)15(9-31-4)24-19(29)14-6-12(7-22-30)33-25-14/h6,11,13,15H,5,7-10H2,1-4H3,(H,21,28)(H,23,26)(H,24,29). The third-order valence-electron chi connectivity index (χ3n) is 4.85. The number of methoxy groups -OCH3 is 1. The minimum absolute atomic E-state index is 0.0931. The highest BCUT2D eigenvalue weighted by atomic mass is 16.6. The minimum atomic E-state index is -1.13. The first kappa shape index (κ1) is 26.1. The lowest BCUT2D eigenvalue weighted by Crippen LogP contribution is -2.53. The molecular formula is C20H29N5O8. The van der Waals surface area contributed by atoms with E-state index in [1.807, 2.05) is 13.8 Å². The van der Waals surface area contributed by atoms with Crippen LogP contribution in [0.1, 0.15) is 43.4 Å². The molecule has 2 rings (SSSR count). The average molecular weight is 467 g/mol. The van der Waals surface area contributed by atoms with Crippen molar-refractivity contribution in [2.75, 3.05) is 26.9 Å². The zero-order valence-electron chi connectivity index (χ0n) is 19.0. The summed E-state index contributed by atoms with van der Waals surface area (Å²) in [6, 6.07) is -0.646. The first-order valence-electron chi connectivity index (χ1n) is 10.4. The van der Waals surface area contributed by atoms with E-state index in [-0.39, 0.29) is 36.3 Å². The van der Waals surface area contributed by atoms with Gasteiger partial charge in [-0.3, -0.25) is 19.2 Å². The van der Waals surface area contributed by atoms with Crippen LogP contribution < -0.4 is 16.0 Å². The van der Waals surface area contributed by atoms with Crippen LogP contribution in [-0.2, 0) is 30.4 Å². The molecule has 1 aliphatic heterocycles. The van der Waals surface area contributed by atoms with Crippen molar-refractivity contribution in [2.45, 2.75) is 51.4 Å². The van der Waals surface area contributed by atoms with Crippen molar-refractivity contribution >= 4 is 23.5 Å². The van der Waals surface area contributed by atoms with E-state index in [2.05, 4.69) is 26.3 Å². The van der Waals surface area contributed by atoms with Gasteiger partial charge in [-0.25, -0.2) is 0 Å². The average Bonchev–Trinajstić information content (AvgIpc) is 3.33. The normalized spacial score (nSPS) is 18.8. The molecule has 1 saturated heterocycles. The van der Waals surface area contributed by atoms with Gasteiger partial charge in [0.1, 0.15) is 18.2 Å². The minimum Gasteiger partial charge on any atom is -0.382 e. The molecule has 0 bridgehead atoms. The van der Waals surface area contributed by atoms with Crippen LogP contribution in [0.15, 0.2) is 15.8 Å². The van der Waals surface area contributed by atoms with Crippen molar-refractivity contribution in [1.82, 2.24) is 21.1 Å². The van der Waals surface area contributed by atoms with Crippen molar-refractivity contribution in [3.63, 3.8) is 0 Å². The molecule has 182 valence electrons. The van der Waals surface area contributed by atoms with Crippen LogP contribution >= 0.6 is 0 Å². The summed E-state index contributed by atoms with van der Waals surface area (Å²) in [4.78, 5) is 60.1. The summed E-state index contributed by atoms with van der Waals surface area (Å²) in [6.07, 6.45) is 0.430. The van der Waals surface area contributed by atoms with Crippen LogP contribution in [-0.4, -0.2) is 73.2 Å². The number of ether oxygens (including phenoxy) is 2. The summed E-state index contributed by atoms with van der Waals surface area (Å²) in [5.41, 5.74) is -1.03. The van der Waals surface area contributed by atoms with Crippen LogP contribution in [0.4, 0.5) is 0 Å². The number of ketones is 1. The predicted octanol–water partition coefficient (Wildman–Crippen LogP) is -0.309. The van der Waals surface area contributed by atoms with Crippen LogP contribution in [0.5, 0.6) is 0 Å². The van der Waals surface area contributed by atoms with Gasteiger partial charge < -0.3 is 29.9 Å². The molecule has 13 heteroatoms. The van der Waals surface area contributed by atoms with Crippen molar-refractivity contribution in [3.05, 3.63) is 22.4 Å². The van der Waals surface area contributed by atoms with Gasteiger partial charge in [0.15, 0.2) is 17.2 Å². The highest BCUT2D eigenvalue weighted by Crippen LogP contribution is 2.29. The second kappa shape index (κ2) is 11.6. The molecule has 3 amide bonds. The van der Waals surface area contributed by atoms with E-state index in [4.69, 9.17) is 14.0 Å². The Bertz CT molecular complexity index is 880. The molecule has 1 fully saturated rings. The van der Waals surface area contributed by atoms with Crippen molar-refractivity contribution < 1.29 is 33.2 Å². The van der Waals surface area contributed by atoms with Crippen LogP contribution in [0.2, 0.25) is 0 Å². The van der Waals surface area contributed by atoms with E-state index in [9.17, 15) is 24.1 Å². The Hall–Kier alpha value is -3.19. The highest BCUT2D eigenvalue weighted by Gasteiger charge is 2.50. The Morgan fingerprint density at radius 2 is 1.94 bits per heavy atom. The molecule has 0 radical (unpaired) electrons. The van der Waals surface area contributed by atoms with Gasteiger partial charge in [0, 0.05) is 13.2 Å². The first-order chi connectivity index (χ1) is 15.6. The van der Waals surface area contributed by atoms with E-state index in [0.29, 0.717) is 13.0 Å². The Kier molecular flexibility index (Phi) is 9.17. The highest BCUT2D eigenvalue weighted by molar-refractivity contribution is 5.98. The lowest BCUT2D eigenvalue weighted by atomic mass is 9.93. The van der Waals surface area contributed by atoms with E-state index >= 15 is 0 Å². The van der Waals surface area contributed by atoms with E-state index in [1.165, 1.54) is 13.2 Å². The summed E-state index contributed by atoms with van der Waals surface area (Å²) >= 11 is 0. The number of nitrogens with one attached hydrogen (secondary N) is 3. The number of rotatable bonds is 14. The summed E-state index contributed by atoms with van der Waals surface area (Å²) in [7, 11) is 1.34. The van der Waals surface area contributed by atoms with Crippen LogP contribution in [0.25, 0.3) is 0 Å². The summed E-state index contributed by atoms with van der Waals surface area (Å²) in [6.45, 7) is 4.96. The Morgan fingerprint density at radius 1 is 1.24 bits per heavy atom. The largest absolute Gasteiger partial charge is 0.382 e. The molecule has 0 aliphatic carbocycles. The quantitative estimate of drug-likeness (QED) is 0.244. The number of carbonyl (C=O) groups is 4. The predicted molar refractivity (Wildman–Crippen MR) is 113 cm³/mol. The van der Waals surface area contributed by atoms with Gasteiger partial charge in [0.25, 0.3) is 5.91 Å². The van der Waals surface area contributed by atoms with Crippen LogP contribution in [0, 0.1) is 10.8 Å². The Balaban J connectivity index is 1.91. The number of carbonyl (C=O) groups excluding carboxylic acids is 4. The molecule has 3 unspecified atom stereocenters. The third-order valence-corrected chi connectivity index (χ3v) is 4.85. The SMILES string of the molecule is COCC(NC(=O)c1cc(CN=O)on1)C(=O)NCC(=O)NC(CC(C)C)C(=O)C1(C)CO1. The maximum atomic E-state index is 12.6. The molecule has 0 spiro atoms. The molecule has 0 saturated carbocycles. The third kappa shape index (κ3) is 7.71. The number of Topliss-reactive ketones (excluding diaryl/α,β-unsaturated/α-hetero) is 1. The van der Waals surface area contributed by atoms with E-state index in [0.717, 1.165) is 0 Å². The molecule has 1 aliphatic rings. The molecule has 3 atom stereocenters. The van der Waals surface area contributed by atoms with E-state index < -0.39 is 42.0 Å². The van der Waals surface area contributed by atoms with E-state index in [1.54, 1.807) is 6.92 Å². The van der Waals surface area contributed by atoms with Gasteiger partial charge >= 0.3 is 0 Å². The monoisotopic (exact) mass is 467 g/mol. The van der Waals surface area contributed by atoms with Gasteiger partial charge in [0.05, 0.1) is 25.8 Å². The Morgan fingerprint density at radius 3 is 2.52 bits per heavy atom. The summed E-state index contributed by atoms with van der Waals surface area (Å²) in [5, 5.41) is 13.6. The summed E-state index contributed by atoms with van der Waals surface area (Å²) < 4.78 is 14.9. The maximum absolute atomic E-state index is 12.6. The number of epoxide rings is 1. The fourth-order valence-corrected chi connectivity index (χ4v) is 3.00. The lowest BCUT2D eigenvalue weighted by Gasteiger charge is -2.22. The fraction of sp³-hybridized carbons (Fsp3) is 0.650. The van der Waals surface area contributed by atoms with Gasteiger partial charge in [-0.15, -0.1) is 0 Å². The van der Waals surface area contributed by atoms with Crippen LogP contribution in [0.3, 0.4) is 0 Å². The van der Waals surface area contributed by atoms with Crippen molar-refractivity contribution in [3.8, 4) is 0 Å². The second-order valence-corrected chi connectivity index (χ2v) is 8.30. The summed E-state index contributed by atoms with van der Waals surface area (Å²) in [5.74, 6) is -1.94. The van der Waals surface area contributed by atoms with Crippen molar-refractivity contribution in [2.24, 2.45) is 11.1 Å². The fourth-order valence-electron chi connectivity index (χ4n) is 3.00. The molecule has 2 heterocycles. The van der Waals surface area contributed by atoms with Gasteiger partial charge in [0.2, 0.25) is 11.8 Å².